The average Bonchev–Trinajstić information content (AvgIpc) is 2.72. The normalized spacial score (nSPS) is 13.0. The van der Waals surface area contributed by atoms with E-state index in [0.29, 0.717) is 11.1 Å². The second-order valence-electron chi connectivity index (χ2n) is 8.04. The summed E-state index contributed by atoms with van der Waals surface area (Å²) in [6.07, 6.45) is -4.53. The van der Waals surface area contributed by atoms with E-state index in [1.807, 2.05) is 0 Å². The van der Waals surface area contributed by atoms with Crippen molar-refractivity contribution >= 4 is 21.7 Å². The van der Waals surface area contributed by atoms with Crippen LogP contribution in [-0.2, 0) is 21.0 Å². The van der Waals surface area contributed by atoms with Crippen LogP contribution >= 0.6 is 0 Å². The van der Waals surface area contributed by atoms with Crippen molar-refractivity contribution in [3.8, 4) is 11.1 Å². The van der Waals surface area contributed by atoms with Crippen LogP contribution in [0.1, 0.15) is 30.9 Å². The summed E-state index contributed by atoms with van der Waals surface area (Å²) in [4.78, 5) is 11.7. The van der Waals surface area contributed by atoms with Crippen LogP contribution < -0.4 is 4.72 Å². The first-order valence-electron chi connectivity index (χ1n) is 10.1. The van der Waals surface area contributed by atoms with E-state index in [1.165, 1.54) is 30.3 Å². The zero-order valence-corrected chi connectivity index (χ0v) is 18.9. The van der Waals surface area contributed by atoms with Crippen molar-refractivity contribution in [3.05, 3.63) is 83.7 Å². The molecule has 180 valence electrons. The van der Waals surface area contributed by atoms with Crippen molar-refractivity contribution < 1.29 is 35.9 Å². The molecule has 3 aromatic rings. The minimum atomic E-state index is -4.53. The highest BCUT2D eigenvalue weighted by Crippen LogP contribution is 2.35. The summed E-state index contributed by atoms with van der Waals surface area (Å²) in [5.74, 6) is -3.11. The molecule has 2 N–H and O–H groups in total. The molecule has 0 fully saturated rings. The van der Waals surface area contributed by atoms with Crippen LogP contribution in [0, 0.1) is 11.7 Å². The third-order valence-corrected chi connectivity index (χ3v) is 6.57. The standard InChI is InChI=1S/C24H21F4NO4S/c1-14(2)22(23(30)31)17-11-16(15-3-5-18(6-4-15)24(26,27)28)12-20(13-17)29-34(32,33)21-9-7-19(25)8-10-21/h3-14,22,29H,1-2H3,(H,30,31). The van der Waals surface area contributed by atoms with Gasteiger partial charge in [0, 0.05) is 5.69 Å². The number of rotatable bonds is 7. The first-order chi connectivity index (χ1) is 15.8. The number of carboxylic acid groups (broad SMARTS) is 1. The number of hydrogen-bond acceptors (Lipinski definition) is 3. The predicted molar refractivity (Wildman–Crippen MR) is 119 cm³/mol. The fraction of sp³-hybridized carbons (Fsp3) is 0.208. The molecule has 3 aromatic carbocycles. The Hall–Kier alpha value is -3.40. The van der Waals surface area contributed by atoms with E-state index < -0.39 is 39.5 Å². The van der Waals surface area contributed by atoms with Crippen LogP contribution in [0.15, 0.2) is 71.6 Å². The summed E-state index contributed by atoms with van der Waals surface area (Å²) in [5.41, 5.74) is 0.107. The van der Waals surface area contributed by atoms with Gasteiger partial charge in [0.2, 0.25) is 0 Å². The number of anilines is 1. The fourth-order valence-electron chi connectivity index (χ4n) is 3.55. The van der Waals surface area contributed by atoms with Crippen molar-refractivity contribution in [2.45, 2.75) is 30.8 Å². The molecule has 0 bridgehead atoms. The molecular weight excluding hydrogens is 474 g/mol. The van der Waals surface area contributed by atoms with Gasteiger partial charge in [-0.15, -0.1) is 0 Å². The van der Waals surface area contributed by atoms with Gasteiger partial charge in [-0.1, -0.05) is 32.0 Å². The Bertz CT molecular complexity index is 1290. The quantitative estimate of drug-likeness (QED) is 0.386. The number of halogens is 4. The van der Waals surface area contributed by atoms with Gasteiger partial charge in [0.1, 0.15) is 5.82 Å². The molecule has 1 atom stereocenters. The maximum atomic E-state index is 13.2. The number of carbonyl (C=O) groups is 1. The van der Waals surface area contributed by atoms with E-state index in [-0.39, 0.29) is 22.1 Å². The molecule has 0 saturated carbocycles. The first kappa shape index (κ1) is 25.2. The zero-order valence-electron chi connectivity index (χ0n) is 18.1. The third kappa shape index (κ3) is 5.74. The molecule has 0 amide bonds. The van der Waals surface area contributed by atoms with Gasteiger partial charge in [0.05, 0.1) is 16.4 Å². The van der Waals surface area contributed by atoms with E-state index in [2.05, 4.69) is 4.72 Å². The molecule has 0 saturated heterocycles. The summed E-state index contributed by atoms with van der Waals surface area (Å²) in [7, 11) is -4.15. The highest BCUT2D eigenvalue weighted by molar-refractivity contribution is 7.92. The molecule has 34 heavy (non-hydrogen) atoms. The molecule has 0 aliphatic carbocycles. The van der Waals surface area contributed by atoms with Crippen LogP contribution in [0.25, 0.3) is 11.1 Å². The second kappa shape index (κ2) is 9.46. The van der Waals surface area contributed by atoms with E-state index >= 15 is 0 Å². The molecule has 0 heterocycles. The number of aliphatic carboxylic acids is 1. The van der Waals surface area contributed by atoms with Crippen LogP contribution in [0.5, 0.6) is 0 Å². The lowest BCUT2D eigenvalue weighted by Gasteiger charge is -2.20. The summed E-state index contributed by atoms with van der Waals surface area (Å²) in [5, 5.41) is 9.71. The SMILES string of the molecule is CC(C)C(C(=O)O)c1cc(NS(=O)(=O)c2ccc(F)cc2)cc(-c2ccc(C(F)(F)F)cc2)c1. The molecule has 3 rings (SSSR count). The van der Waals surface area contributed by atoms with Crippen molar-refractivity contribution in [2.24, 2.45) is 5.92 Å². The number of nitrogens with one attached hydrogen (secondary N) is 1. The molecule has 5 nitrogen and oxygen atoms in total. The van der Waals surface area contributed by atoms with Crippen molar-refractivity contribution in [2.75, 3.05) is 4.72 Å². The minimum absolute atomic E-state index is 0.0172. The Morgan fingerprint density at radius 3 is 2.00 bits per heavy atom. The number of carboxylic acids is 1. The Balaban J connectivity index is 2.11. The molecular formula is C24H21F4NO4S. The largest absolute Gasteiger partial charge is 0.481 e. The van der Waals surface area contributed by atoms with Gasteiger partial charge in [0.15, 0.2) is 0 Å². The summed E-state index contributed by atoms with van der Waals surface area (Å²) in [6, 6.07) is 12.6. The second-order valence-corrected chi connectivity index (χ2v) is 9.72. The van der Waals surface area contributed by atoms with Crippen molar-refractivity contribution in [1.29, 1.82) is 0 Å². The van der Waals surface area contributed by atoms with Gasteiger partial charge in [-0.05, 0) is 71.1 Å². The topological polar surface area (TPSA) is 83.5 Å². The maximum absolute atomic E-state index is 13.2. The van der Waals surface area contributed by atoms with Crippen molar-refractivity contribution in [3.63, 3.8) is 0 Å². The molecule has 1 unspecified atom stereocenters. The number of alkyl halides is 3. The lowest BCUT2D eigenvalue weighted by molar-refractivity contribution is -0.140. The molecule has 0 radical (unpaired) electrons. The van der Waals surface area contributed by atoms with Crippen LogP contribution in [0.3, 0.4) is 0 Å². The molecule has 0 spiro atoms. The smallest absolute Gasteiger partial charge is 0.416 e. The van der Waals surface area contributed by atoms with Gasteiger partial charge >= 0.3 is 12.1 Å². The number of benzene rings is 3. The fourth-order valence-corrected chi connectivity index (χ4v) is 4.59. The van der Waals surface area contributed by atoms with Gasteiger partial charge in [0.25, 0.3) is 10.0 Å². The minimum Gasteiger partial charge on any atom is -0.481 e. The van der Waals surface area contributed by atoms with Gasteiger partial charge in [-0.3, -0.25) is 9.52 Å². The van der Waals surface area contributed by atoms with Crippen LogP contribution in [0.2, 0.25) is 0 Å². The molecule has 0 aliphatic heterocycles. The first-order valence-corrected chi connectivity index (χ1v) is 11.6. The Morgan fingerprint density at radius 2 is 1.50 bits per heavy atom. The summed E-state index contributed by atoms with van der Waals surface area (Å²) >= 11 is 0. The van der Waals surface area contributed by atoms with E-state index in [9.17, 15) is 35.9 Å². The number of sulfonamides is 1. The van der Waals surface area contributed by atoms with Gasteiger partial charge in [-0.25, -0.2) is 12.8 Å². The van der Waals surface area contributed by atoms with Gasteiger partial charge < -0.3 is 5.11 Å². The Kier molecular flexibility index (Phi) is 7.02. The van der Waals surface area contributed by atoms with E-state index in [0.717, 1.165) is 36.4 Å². The predicted octanol–water partition coefficient (Wildman–Crippen LogP) is 6.14. The maximum Gasteiger partial charge on any atom is 0.416 e. The monoisotopic (exact) mass is 495 g/mol. The molecule has 0 aliphatic rings. The van der Waals surface area contributed by atoms with Crippen LogP contribution in [0.4, 0.5) is 23.2 Å². The van der Waals surface area contributed by atoms with Crippen molar-refractivity contribution in [1.82, 2.24) is 0 Å². The Labute approximate surface area is 194 Å². The highest BCUT2D eigenvalue weighted by Gasteiger charge is 2.30. The molecule has 10 heteroatoms. The highest BCUT2D eigenvalue weighted by atomic mass is 32.2. The average molecular weight is 495 g/mol. The summed E-state index contributed by atoms with van der Waals surface area (Å²) < 4.78 is 79.9. The van der Waals surface area contributed by atoms with Gasteiger partial charge in [-0.2, -0.15) is 13.2 Å². The Morgan fingerprint density at radius 1 is 0.912 bits per heavy atom. The van der Waals surface area contributed by atoms with E-state index in [4.69, 9.17) is 0 Å². The number of hydrogen-bond donors (Lipinski definition) is 2. The third-order valence-electron chi connectivity index (χ3n) is 5.17. The zero-order chi connectivity index (χ0) is 25.3. The molecule has 0 aromatic heterocycles. The summed E-state index contributed by atoms with van der Waals surface area (Å²) in [6.45, 7) is 3.37. The lowest BCUT2D eigenvalue weighted by Crippen LogP contribution is -2.18. The van der Waals surface area contributed by atoms with Crippen LogP contribution in [-0.4, -0.2) is 19.5 Å². The lowest BCUT2D eigenvalue weighted by atomic mass is 9.86. The van der Waals surface area contributed by atoms with E-state index in [1.54, 1.807) is 13.8 Å².